The molecule has 0 aliphatic rings. The van der Waals surface area contributed by atoms with Gasteiger partial charge in [0.2, 0.25) is 0 Å². The van der Waals surface area contributed by atoms with Gasteiger partial charge in [-0.3, -0.25) is 4.79 Å². The topological polar surface area (TPSA) is 70.2 Å². The molecule has 0 radical (unpaired) electrons. The highest BCUT2D eigenvalue weighted by Gasteiger charge is 2.14. The van der Waals surface area contributed by atoms with E-state index in [0.29, 0.717) is 17.3 Å². The second-order valence-corrected chi connectivity index (χ2v) is 7.33. The predicted molar refractivity (Wildman–Crippen MR) is 118 cm³/mol. The van der Waals surface area contributed by atoms with Crippen LogP contribution in [0, 0.1) is 13.8 Å². The van der Waals surface area contributed by atoms with Crippen molar-refractivity contribution in [3.63, 3.8) is 0 Å². The van der Waals surface area contributed by atoms with Gasteiger partial charge in [0.05, 0.1) is 0 Å². The molecule has 0 bridgehead atoms. The van der Waals surface area contributed by atoms with Crippen LogP contribution in [0.15, 0.2) is 54.6 Å². The van der Waals surface area contributed by atoms with Gasteiger partial charge in [0.25, 0.3) is 5.91 Å². The number of hydrogen-bond acceptors (Lipinski definition) is 5. The minimum absolute atomic E-state index is 0.257. The first-order valence-electron chi connectivity index (χ1n) is 9.64. The summed E-state index contributed by atoms with van der Waals surface area (Å²) in [5, 5.41) is 6.26. The van der Waals surface area contributed by atoms with Gasteiger partial charge < -0.3 is 15.5 Å². The number of benzene rings is 2. The molecule has 0 aliphatic carbocycles. The standard InChI is InChI=1S/C23H27N5O/c1-16-10-11-19(17(2)14-16)26-23(29)20-15-21(24-12-13-28(3)4)27-22(25-20)18-8-6-5-7-9-18/h5-11,14-15H,12-13H2,1-4H3,(H,26,29)(H,24,25,27). The molecule has 150 valence electrons. The number of aromatic nitrogens is 2. The van der Waals surface area contributed by atoms with Crippen molar-refractivity contribution in [3.8, 4) is 11.4 Å². The summed E-state index contributed by atoms with van der Waals surface area (Å²) < 4.78 is 0. The molecule has 29 heavy (non-hydrogen) atoms. The highest BCUT2D eigenvalue weighted by molar-refractivity contribution is 6.04. The zero-order valence-electron chi connectivity index (χ0n) is 17.4. The van der Waals surface area contributed by atoms with Gasteiger partial charge in [-0.25, -0.2) is 9.97 Å². The maximum Gasteiger partial charge on any atom is 0.274 e. The van der Waals surface area contributed by atoms with Crippen LogP contribution in [0.3, 0.4) is 0 Å². The van der Waals surface area contributed by atoms with Crippen LogP contribution in [0.25, 0.3) is 11.4 Å². The van der Waals surface area contributed by atoms with E-state index in [1.165, 1.54) is 0 Å². The Morgan fingerprint density at radius 1 is 1.00 bits per heavy atom. The number of nitrogens with one attached hydrogen (secondary N) is 2. The third-order valence-corrected chi connectivity index (χ3v) is 4.49. The molecule has 0 atom stereocenters. The first-order valence-corrected chi connectivity index (χ1v) is 9.64. The highest BCUT2D eigenvalue weighted by atomic mass is 16.1. The van der Waals surface area contributed by atoms with Gasteiger partial charge in [-0.05, 0) is 39.6 Å². The molecule has 0 fully saturated rings. The molecule has 3 rings (SSSR count). The fourth-order valence-corrected chi connectivity index (χ4v) is 2.92. The van der Waals surface area contributed by atoms with E-state index in [0.717, 1.165) is 35.5 Å². The quantitative estimate of drug-likeness (QED) is 0.639. The number of anilines is 2. The molecule has 6 nitrogen and oxygen atoms in total. The van der Waals surface area contributed by atoms with E-state index in [1.54, 1.807) is 6.07 Å². The molecule has 2 N–H and O–H groups in total. The summed E-state index contributed by atoms with van der Waals surface area (Å²) in [6.07, 6.45) is 0. The minimum Gasteiger partial charge on any atom is -0.369 e. The smallest absolute Gasteiger partial charge is 0.274 e. The largest absolute Gasteiger partial charge is 0.369 e. The first-order chi connectivity index (χ1) is 13.9. The van der Waals surface area contributed by atoms with Gasteiger partial charge in [-0.2, -0.15) is 0 Å². The van der Waals surface area contributed by atoms with Crippen molar-refractivity contribution in [3.05, 3.63) is 71.4 Å². The summed E-state index contributed by atoms with van der Waals surface area (Å²) in [6, 6.07) is 17.3. The lowest BCUT2D eigenvalue weighted by atomic mass is 10.1. The van der Waals surface area contributed by atoms with E-state index in [-0.39, 0.29) is 5.91 Å². The van der Waals surface area contributed by atoms with Crippen LogP contribution in [-0.2, 0) is 0 Å². The number of aryl methyl sites for hydroxylation is 2. The summed E-state index contributed by atoms with van der Waals surface area (Å²) in [5.41, 5.74) is 4.14. The molecule has 1 heterocycles. The Bertz CT molecular complexity index is 986. The van der Waals surface area contributed by atoms with Crippen LogP contribution in [0.2, 0.25) is 0 Å². The Labute approximate surface area is 172 Å². The molecule has 3 aromatic rings. The second kappa shape index (κ2) is 9.30. The fraction of sp³-hybridized carbons (Fsp3) is 0.261. The molecule has 0 spiro atoms. The van der Waals surface area contributed by atoms with Gasteiger partial charge >= 0.3 is 0 Å². The van der Waals surface area contributed by atoms with E-state index in [9.17, 15) is 4.79 Å². The number of carbonyl (C=O) groups is 1. The van der Waals surface area contributed by atoms with Gasteiger partial charge in [-0.1, -0.05) is 48.0 Å². The van der Waals surface area contributed by atoms with Crippen LogP contribution in [0.1, 0.15) is 21.6 Å². The van der Waals surface area contributed by atoms with Crippen molar-refractivity contribution in [2.24, 2.45) is 0 Å². The van der Waals surface area contributed by atoms with E-state index in [2.05, 4.69) is 25.5 Å². The van der Waals surface area contributed by atoms with Crippen molar-refractivity contribution in [1.82, 2.24) is 14.9 Å². The predicted octanol–water partition coefficient (Wildman–Crippen LogP) is 3.99. The first kappa shape index (κ1) is 20.5. The molecule has 0 aliphatic heterocycles. The molecule has 2 aromatic carbocycles. The lowest BCUT2D eigenvalue weighted by molar-refractivity contribution is 0.102. The third-order valence-electron chi connectivity index (χ3n) is 4.49. The molecular formula is C23H27N5O. The minimum atomic E-state index is -0.257. The van der Waals surface area contributed by atoms with Gasteiger partial charge in [0.15, 0.2) is 5.82 Å². The molecule has 1 amide bonds. The van der Waals surface area contributed by atoms with Crippen LogP contribution in [0.4, 0.5) is 11.5 Å². The lowest BCUT2D eigenvalue weighted by Crippen LogP contribution is -2.22. The van der Waals surface area contributed by atoms with Crippen molar-refractivity contribution in [2.75, 3.05) is 37.8 Å². The average molecular weight is 390 g/mol. The molecule has 0 saturated heterocycles. The van der Waals surface area contributed by atoms with E-state index in [1.807, 2.05) is 76.5 Å². The Balaban J connectivity index is 1.90. The van der Waals surface area contributed by atoms with Crippen LogP contribution < -0.4 is 10.6 Å². The molecule has 6 heteroatoms. The molecular weight excluding hydrogens is 362 g/mol. The normalized spacial score (nSPS) is 10.8. The van der Waals surface area contributed by atoms with E-state index in [4.69, 9.17) is 0 Å². The molecule has 0 unspecified atom stereocenters. The SMILES string of the molecule is Cc1ccc(NC(=O)c2cc(NCCN(C)C)nc(-c3ccccc3)n2)c(C)c1. The number of carbonyl (C=O) groups excluding carboxylic acids is 1. The average Bonchev–Trinajstić information content (AvgIpc) is 2.70. The zero-order valence-corrected chi connectivity index (χ0v) is 17.4. The zero-order chi connectivity index (χ0) is 20.8. The van der Waals surface area contributed by atoms with Crippen LogP contribution in [0.5, 0.6) is 0 Å². The summed E-state index contributed by atoms with van der Waals surface area (Å²) in [5.74, 6) is 0.893. The number of likely N-dealkylation sites (N-methyl/N-ethyl adjacent to an activating group) is 1. The van der Waals surface area contributed by atoms with Crippen LogP contribution in [-0.4, -0.2) is 48.0 Å². The molecule has 1 aromatic heterocycles. The van der Waals surface area contributed by atoms with Crippen molar-refractivity contribution in [1.29, 1.82) is 0 Å². The highest BCUT2D eigenvalue weighted by Crippen LogP contribution is 2.20. The van der Waals surface area contributed by atoms with Gasteiger partial charge in [-0.15, -0.1) is 0 Å². The number of hydrogen-bond donors (Lipinski definition) is 2. The van der Waals surface area contributed by atoms with Crippen molar-refractivity contribution >= 4 is 17.4 Å². The van der Waals surface area contributed by atoms with Crippen molar-refractivity contribution < 1.29 is 4.79 Å². The summed E-state index contributed by atoms with van der Waals surface area (Å²) >= 11 is 0. The van der Waals surface area contributed by atoms with Gasteiger partial charge in [0.1, 0.15) is 11.5 Å². The Morgan fingerprint density at radius 2 is 1.76 bits per heavy atom. The lowest BCUT2D eigenvalue weighted by Gasteiger charge is -2.13. The number of amides is 1. The summed E-state index contributed by atoms with van der Waals surface area (Å²) in [4.78, 5) is 24.1. The van der Waals surface area contributed by atoms with E-state index < -0.39 is 0 Å². The Morgan fingerprint density at radius 3 is 2.45 bits per heavy atom. The van der Waals surface area contributed by atoms with Gasteiger partial charge in [0, 0.05) is 30.4 Å². The second-order valence-electron chi connectivity index (χ2n) is 7.33. The number of nitrogens with zero attached hydrogens (tertiary/aromatic N) is 3. The summed E-state index contributed by atoms with van der Waals surface area (Å²) in [6.45, 7) is 5.58. The Hall–Kier alpha value is -3.25. The summed E-state index contributed by atoms with van der Waals surface area (Å²) in [7, 11) is 4.03. The van der Waals surface area contributed by atoms with Crippen LogP contribution >= 0.6 is 0 Å². The maximum atomic E-state index is 12.9. The third kappa shape index (κ3) is 5.62. The molecule has 0 saturated carbocycles. The maximum absolute atomic E-state index is 12.9. The number of rotatable bonds is 7. The fourth-order valence-electron chi connectivity index (χ4n) is 2.92. The Kier molecular flexibility index (Phi) is 6.57. The van der Waals surface area contributed by atoms with Crippen molar-refractivity contribution in [2.45, 2.75) is 13.8 Å². The van der Waals surface area contributed by atoms with E-state index >= 15 is 0 Å². The monoisotopic (exact) mass is 389 g/mol.